The number of rotatable bonds is 2. The molecule has 0 atom stereocenters. The Hall–Kier alpha value is -1.56. The van der Waals surface area contributed by atoms with Crippen molar-refractivity contribution >= 4 is 46.5 Å². The third kappa shape index (κ3) is 2.52. The van der Waals surface area contributed by atoms with Gasteiger partial charge in [0.1, 0.15) is 22.4 Å². The number of carbonyl (C=O) groups is 1. The number of carboxylic acids is 1. The number of anilines is 1. The Bertz CT molecular complexity index is 720. The number of hydrogen-bond acceptors (Lipinski definition) is 3. The Labute approximate surface area is 129 Å². The first kappa shape index (κ1) is 14.8. The summed E-state index contributed by atoms with van der Waals surface area (Å²) in [7, 11) is 1.55. The van der Waals surface area contributed by atoms with Gasteiger partial charge in [-0.3, -0.25) is 0 Å². The largest absolute Gasteiger partial charge is 0.473 e. The Morgan fingerprint density at radius 3 is 2.55 bits per heavy atom. The second kappa shape index (κ2) is 5.44. The summed E-state index contributed by atoms with van der Waals surface area (Å²) in [4.78, 5) is 15.2. The first-order valence-electron chi connectivity index (χ1n) is 5.36. The zero-order chi connectivity index (χ0) is 15.0. The van der Waals surface area contributed by atoms with Gasteiger partial charge in [0.25, 0.3) is 0 Å². The number of nitrogens with two attached hydrogens (primary N) is 1. The molecule has 0 amide bonds. The van der Waals surface area contributed by atoms with Crippen LogP contribution in [-0.2, 0) is 7.05 Å². The predicted molar refractivity (Wildman–Crippen MR) is 77.3 cm³/mol. The molecule has 0 bridgehead atoms. The van der Waals surface area contributed by atoms with E-state index in [4.69, 9.17) is 40.5 Å². The van der Waals surface area contributed by atoms with Crippen LogP contribution in [0.4, 0.5) is 5.69 Å². The fraction of sp³-hybridized carbons (Fsp3) is 0.0833. The second-order valence-electron chi connectivity index (χ2n) is 3.98. The summed E-state index contributed by atoms with van der Waals surface area (Å²) in [6, 6.07) is 4.71. The van der Waals surface area contributed by atoms with E-state index in [0.29, 0.717) is 11.3 Å². The Kier molecular flexibility index (Phi) is 4.04. The smallest absolute Gasteiger partial charge is 0.402 e. The molecule has 0 spiro atoms. The molecule has 0 radical (unpaired) electrons. The van der Waals surface area contributed by atoms with Crippen LogP contribution in [0.25, 0.3) is 11.3 Å². The number of aromatic nitrogens is 2. The van der Waals surface area contributed by atoms with Crippen molar-refractivity contribution in [2.75, 3.05) is 5.73 Å². The Morgan fingerprint density at radius 1 is 1.35 bits per heavy atom. The monoisotopic (exact) mass is 332 g/mol. The van der Waals surface area contributed by atoms with E-state index in [0.717, 1.165) is 0 Å². The van der Waals surface area contributed by atoms with Gasteiger partial charge in [-0.05, 0) is 12.1 Å². The molecule has 2 aromatic heterocycles. The molecule has 0 aromatic carbocycles. The van der Waals surface area contributed by atoms with Crippen LogP contribution in [-0.4, -0.2) is 16.1 Å². The van der Waals surface area contributed by atoms with Crippen molar-refractivity contribution in [2.24, 2.45) is 7.05 Å². The van der Waals surface area contributed by atoms with E-state index in [9.17, 15) is 9.90 Å². The van der Waals surface area contributed by atoms with Gasteiger partial charge in [0.2, 0.25) is 5.69 Å². The summed E-state index contributed by atoms with van der Waals surface area (Å²) in [6.07, 6.45) is 0. The van der Waals surface area contributed by atoms with Gasteiger partial charge in [-0.25, -0.2) is 9.78 Å². The van der Waals surface area contributed by atoms with Gasteiger partial charge < -0.3 is 10.8 Å². The molecule has 8 heteroatoms. The van der Waals surface area contributed by atoms with Gasteiger partial charge in [-0.1, -0.05) is 34.8 Å². The second-order valence-corrected chi connectivity index (χ2v) is 5.11. The predicted octanol–water partition coefficient (Wildman–Crippen LogP) is 2.81. The molecule has 2 heterocycles. The molecular formula is C12H9Cl3N3O2+. The quantitative estimate of drug-likeness (QED) is 0.654. The summed E-state index contributed by atoms with van der Waals surface area (Å²) >= 11 is 17.7. The lowest BCUT2D eigenvalue weighted by molar-refractivity contribution is -0.662. The molecule has 104 valence electrons. The maximum absolute atomic E-state index is 11.3. The molecule has 3 N–H and O–H groups in total. The molecule has 0 aliphatic heterocycles. The van der Waals surface area contributed by atoms with Gasteiger partial charge in [-0.15, -0.1) is 0 Å². The van der Waals surface area contributed by atoms with E-state index < -0.39 is 5.97 Å². The number of hydrogen-bond donors (Lipinski definition) is 2. The zero-order valence-electron chi connectivity index (χ0n) is 10.2. The molecule has 2 aromatic rings. The average molecular weight is 334 g/mol. The topological polar surface area (TPSA) is 80.1 Å². The Morgan fingerprint density at radius 2 is 2.00 bits per heavy atom. The normalized spacial score (nSPS) is 10.6. The molecule has 5 nitrogen and oxygen atoms in total. The third-order valence-corrected chi connectivity index (χ3v) is 3.64. The first-order chi connectivity index (χ1) is 9.32. The number of nitrogen functional groups attached to an aromatic ring is 1. The lowest BCUT2D eigenvalue weighted by Gasteiger charge is -2.08. The van der Waals surface area contributed by atoms with Gasteiger partial charge in [0, 0.05) is 6.07 Å². The minimum atomic E-state index is -1.19. The van der Waals surface area contributed by atoms with Crippen molar-refractivity contribution < 1.29 is 14.5 Å². The zero-order valence-corrected chi connectivity index (χ0v) is 12.5. The van der Waals surface area contributed by atoms with Crippen molar-refractivity contribution in [3.63, 3.8) is 0 Å². The first-order valence-corrected chi connectivity index (χ1v) is 6.50. The molecule has 0 aliphatic rings. The molecule has 0 aliphatic carbocycles. The highest BCUT2D eigenvalue weighted by Gasteiger charge is 2.28. The van der Waals surface area contributed by atoms with Gasteiger partial charge in [-0.2, -0.15) is 4.57 Å². The van der Waals surface area contributed by atoms with Crippen molar-refractivity contribution in [1.29, 1.82) is 0 Å². The van der Waals surface area contributed by atoms with Crippen LogP contribution in [0.5, 0.6) is 0 Å². The summed E-state index contributed by atoms with van der Waals surface area (Å²) in [5.74, 6) is -1.19. The van der Waals surface area contributed by atoms with E-state index in [1.807, 2.05) is 0 Å². The Balaban J connectivity index is 2.78. The number of carboxylic acid groups (broad SMARTS) is 1. The van der Waals surface area contributed by atoms with Crippen molar-refractivity contribution in [1.82, 2.24) is 4.98 Å². The number of halogens is 3. The van der Waals surface area contributed by atoms with Gasteiger partial charge >= 0.3 is 11.7 Å². The SMILES string of the molecule is C[n+]1c(-c2ccc(Cl)nc2Cl)cc(N)c(Cl)c1C(=O)O. The lowest BCUT2D eigenvalue weighted by Crippen LogP contribution is -2.39. The van der Waals surface area contributed by atoms with Gasteiger partial charge in [0.15, 0.2) is 0 Å². The highest BCUT2D eigenvalue weighted by atomic mass is 35.5. The highest BCUT2D eigenvalue weighted by Crippen LogP contribution is 2.30. The minimum absolute atomic E-state index is 0.0261. The van der Waals surface area contributed by atoms with Crippen LogP contribution in [0.2, 0.25) is 15.3 Å². The molecule has 0 unspecified atom stereocenters. The van der Waals surface area contributed by atoms with Crippen LogP contribution in [0, 0.1) is 0 Å². The van der Waals surface area contributed by atoms with E-state index in [-0.39, 0.29) is 26.7 Å². The molecule has 0 fully saturated rings. The molecule has 0 saturated carbocycles. The van der Waals surface area contributed by atoms with Crippen molar-refractivity contribution in [3.05, 3.63) is 39.2 Å². The van der Waals surface area contributed by atoms with Crippen LogP contribution >= 0.6 is 34.8 Å². The molecule has 0 saturated heterocycles. The van der Waals surface area contributed by atoms with Crippen LogP contribution in [0.3, 0.4) is 0 Å². The maximum atomic E-state index is 11.3. The third-order valence-electron chi connectivity index (χ3n) is 2.74. The number of nitrogens with zero attached hydrogens (tertiary/aromatic N) is 2. The van der Waals surface area contributed by atoms with Crippen LogP contribution in [0.15, 0.2) is 18.2 Å². The summed E-state index contributed by atoms with van der Waals surface area (Å²) in [6.45, 7) is 0. The number of pyridine rings is 2. The van der Waals surface area contributed by atoms with E-state index >= 15 is 0 Å². The summed E-state index contributed by atoms with van der Waals surface area (Å²) in [5, 5.41) is 9.58. The van der Waals surface area contributed by atoms with Crippen LogP contribution < -0.4 is 10.3 Å². The fourth-order valence-corrected chi connectivity index (χ4v) is 2.51. The summed E-state index contributed by atoms with van der Waals surface area (Å²) in [5.41, 5.74) is 6.73. The van der Waals surface area contributed by atoms with E-state index in [2.05, 4.69) is 4.98 Å². The van der Waals surface area contributed by atoms with Crippen molar-refractivity contribution in [2.45, 2.75) is 0 Å². The standard InChI is InChI=1S/C12H8Cl3N3O2/c1-18-7(5-2-3-8(13)17-11(5)15)4-6(16)9(14)10(18)12(19)20/h2-4,16H,1H3,(H,19,20)/p+1. The van der Waals surface area contributed by atoms with E-state index in [1.54, 1.807) is 19.2 Å². The van der Waals surface area contributed by atoms with E-state index in [1.165, 1.54) is 10.6 Å². The maximum Gasteiger partial charge on any atom is 0.402 e. The summed E-state index contributed by atoms with van der Waals surface area (Å²) < 4.78 is 1.39. The lowest BCUT2D eigenvalue weighted by atomic mass is 10.1. The molecular weight excluding hydrogens is 325 g/mol. The van der Waals surface area contributed by atoms with Gasteiger partial charge in [0.05, 0.1) is 11.3 Å². The van der Waals surface area contributed by atoms with Crippen LogP contribution in [0.1, 0.15) is 10.5 Å². The number of aromatic carboxylic acids is 1. The van der Waals surface area contributed by atoms with Crippen molar-refractivity contribution in [3.8, 4) is 11.3 Å². The minimum Gasteiger partial charge on any atom is -0.473 e. The molecule has 2 rings (SSSR count). The average Bonchev–Trinajstić information content (AvgIpc) is 2.34. The highest BCUT2D eigenvalue weighted by molar-refractivity contribution is 6.36. The fourth-order valence-electron chi connectivity index (χ4n) is 1.81. The molecule has 20 heavy (non-hydrogen) atoms.